The van der Waals surface area contributed by atoms with Crippen LogP contribution in [0.2, 0.25) is 0 Å². The maximum Gasteiger partial charge on any atom is 0.234 e. The van der Waals surface area contributed by atoms with E-state index in [2.05, 4.69) is 42.6 Å². The molecule has 1 amide bonds. The normalized spacial score (nSPS) is 10.9. The van der Waals surface area contributed by atoms with Crippen LogP contribution in [0.15, 0.2) is 71.8 Å². The van der Waals surface area contributed by atoms with Gasteiger partial charge in [-0.1, -0.05) is 71.4 Å². The summed E-state index contributed by atoms with van der Waals surface area (Å²) in [6.45, 7) is 6.13. The van der Waals surface area contributed by atoms with E-state index in [0.29, 0.717) is 6.42 Å². The van der Waals surface area contributed by atoms with Gasteiger partial charge in [0.1, 0.15) is 5.03 Å². The predicted octanol–water partition coefficient (Wildman–Crippen LogP) is 5.88. The molecule has 1 heterocycles. The number of para-hydroxylation sites is 2. The Labute approximate surface area is 187 Å². The van der Waals surface area contributed by atoms with Crippen LogP contribution in [0.25, 0.3) is 11.0 Å². The molecule has 0 aliphatic heterocycles. The molecular formula is C26H25N3OS. The monoisotopic (exact) mass is 427 g/mol. The van der Waals surface area contributed by atoms with Crippen LogP contribution in [0, 0.1) is 20.8 Å². The Hall–Kier alpha value is -3.18. The van der Waals surface area contributed by atoms with E-state index in [1.165, 1.54) is 28.5 Å². The van der Waals surface area contributed by atoms with Crippen LogP contribution in [0.1, 0.15) is 27.9 Å². The Morgan fingerprint density at radius 2 is 1.55 bits per heavy atom. The Morgan fingerprint density at radius 3 is 2.26 bits per heavy atom. The summed E-state index contributed by atoms with van der Waals surface area (Å²) in [5, 5.41) is 3.81. The quantitative estimate of drug-likeness (QED) is 0.391. The number of nitrogens with one attached hydrogen (secondary N) is 1. The maximum absolute atomic E-state index is 12.6. The third-order valence-corrected chi connectivity index (χ3v) is 6.10. The molecule has 0 fully saturated rings. The van der Waals surface area contributed by atoms with Crippen LogP contribution in [-0.2, 0) is 11.2 Å². The Morgan fingerprint density at radius 1 is 0.871 bits per heavy atom. The van der Waals surface area contributed by atoms with Gasteiger partial charge in [-0.2, -0.15) is 0 Å². The van der Waals surface area contributed by atoms with E-state index in [1.807, 2.05) is 50.2 Å². The lowest BCUT2D eigenvalue weighted by atomic mass is 10.1. The minimum absolute atomic E-state index is 0.0480. The summed E-state index contributed by atoms with van der Waals surface area (Å²) in [6.07, 6.45) is 0.680. The van der Waals surface area contributed by atoms with Crippen LogP contribution < -0.4 is 5.32 Å². The molecule has 0 spiro atoms. The molecule has 1 aromatic heterocycles. The number of fused-ring (bicyclic) bond motifs is 1. The molecule has 156 valence electrons. The molecule has 0 bridgehead atoms. The molecule has 3 aromatic carbocycles. The van der Waals surface area contributed by atoms with E-state index in [-0.39, 0.29) is 11.7 Å². The van der Waals surface area contributed by atoms with Gasteiger partial charge in [0.15, 0.2) is 0 Å². The van der Waals surface area contributed by atoms with Gasteiger partial charge in [0.2, 0.25) is 5.91 Å². The second-order valence-corrected chi connectivity index (χ2v) is 8.75. The number of nitrogens with zero attached hydrogens (tertiary/aromatic N) is 2. The topological polar surface area (TPSA) is 54.9 Å². The Balaban J connectivity index is 1.55. The Bertz CT molecular complexity index is 1240. The SMILES string of the molecule is Cc1ccc(Cc2nc3ccccc3nc2SCC(=O)Nc2ccc(C)cc2C)cc1. The summed E-state index contributed by atoms with van der Waals surface area (Å²) in [4.78, 5) is 22.3. The van der Waals surface area contributed by atoms with Crippen LogP contribution in [0.4, 0.5) is 5.69 Å². The van der Waals surface area contributed by atoms with E-state index in [1.54, 1.807) is 0 Å². The lowest BCUT2D eigenvalue weighted by Crippen LogP contribution is -2.15. The zero-order valence-electron chi connectivity index (χ0n) is 18.0. The smallest absolute Gasteiger partial charge is 0.234 e. The number of carbonyl (C=O) groups excluding carboxylic acids is 1. The first-order valence-electron chi connectivity index (χ1n) is 10.3. The van der Waals surface area contributed by atoms with E-state index in [0.717, 1.165) is 33.0 Å². The molecule has 1 N–H and O–H groups in total. The minimum atomic E-state index is -0.0480. The van der Waals surface area contributed by atoms with Gasteiger partial charge in [0.05, 0.1) is 22.5 Å². The first-order chi connectivity index (χ1) is 15.0. The summed E-state index contributed by atoms with van der Waals surface area (Å²) < 4.78 is 0. The number of hydrogen-bond acceptors (Lipinski definition) is 4. The molecule has 0 aliphatic rings. The maximum atomic E-state index is 12.6. The van der Waals surface area contributed by atoms with Crippen molar-refractivity contribution in [3.8, 4) is 0 Å². The number of hydrogen-bond donors (Lipinski definition) is 1. The standard InChI is InChI=1S/C26H25N3OS/c1-17-8-11-20(12-9-17)15-24-26(29-23-7-5-4-6-22(23)27-24)31-16-25(30)28-21-13-10-18(2)14-19(21)3/h4-14H,15-16H2,1-3H3,(H,28,30). The molecular weight excluding hydrogens is 402 g/mol. The number of amides is 1. The van der Waals surface area contributed by atoms with Crippen molar-refractivity contribution in [3.63, 3.8) is 0 Å². The van der Waals surface area contributed by atoms with Crippen molar-refractivity contribution in [3.05, 3.63) is 94.7 Å². The number of benzene rings is 3. The lowest BCUT2D eigenvalue weighted by Gasteiger charge is -2.11. The summed E-state index contributed by atoms with van der Waals surface area (Å²) in [7, 11) is 0. The lowest BCUT2D eigenvalue weighted by molar-refractivity contribution is -0.113. The number of carbonyl (C=O) groups is 1. The van der Waals surface area contributed by atoms with E-state index < -0.39 is 0 Å². The van der Waals surface area contributed by atoms with Crippen molar-refractivity contribution in [2.45, 2.75) is 32.2 Å². The van der Waals surface area contributed by atoms with Gasteiger partial charge in [-0.3, -0.25) is 4.79 Å². The van der Waals surface area contributed by atoms with Gasteiger partial charge >= 0.3 is 0 Å². The first-order valence-corrected chi connectivity index (χ1v) is 11.3. The van der Waals surface area contributed by atoms with Crippen LogP contribution in [0.3, 0.4) is 0 Å². The largest absolute Gasteiger partial charge is 0.325 e. The van der Waals surface area contributed by atoms with Crippen molar-refractivity contribution < 1.29 is 4.79 Å². The molecule has 0 aliphatic carbocycles. The molecule has 4 rings (SSSR count). The van der Waals surface area contributed by atoms with Gasteiger partial charge in [0.25, 0.3) is 0 Å². The molecule has 0 saturated heterocycles. The molecule has 4 aromatic rings. The number of anilines is 1. The third kappa shape index (κ3) is 5.30. The summed E-state index contributed by atoms with van der Waals surface area (Å²) in [6, 6.07) is 22.3. The highest BCUT2D eigenvalue weighted by Gasteiger charge is 2.13. The highest BCUT2D eigenvalue weighted by molar-refractivity contribution is 8.00. The molecule has 4 nitrogen and oxygen atoms in total. The van der Waals surface area contributed by atoms with E-state index in [4.69, 9.17) is 9.97 Å². The zero-order chi connectivity index (χ0) is 21.8. The van der Waals surface area contributed by atoms with Crippen LogP contribution in [-0.4, -0.2) is 21.6 Å². The first kappa shape index (κ1) is 21.1. The minimum Gasteiger partial charge on any atom is -0.325 e. The summed E-state index contributed by atoms with van der Waals surface area (Å²) in [5.74, 6) is 0.231. The average Bonchev–Trinajstić information content (AvgIpc) is 2.76. The predicted molar refractivity (Wildman–Crippen MR) is 129 cm³/mol. The number of rotatable bonds is 6. The van der Waals surface area contributed by atoms with Gasteiger partial charge in [-0.05, 0) is 50.1 Å². The summed E-state index contributed by atoms with van der Waals surface area (Å²) >= 11 is 1.43. The fourth-order valence-electron chi connectivity index (χ4n) is 3.42. The van der Waals surface area contributed by atoms with Crippen molar-refractivity contribution >= 4 is 34.4 Å². The van der Waals surface area contributed by atoms with E-state index in [9.17, 15) is 4.79 Å². The number of aryl methyl sites for hydroxylation is 3. The van der Waals surface area contributed by atoms with Gasteiger partial charge < -0.3 is 5.32 Å². The highest BCUT2D eigenvalue weighted by Crippen LogP contribution is 2.25. The second kappa shape index (κ2) is 9.31. The average molecular weight is 428 g/mol. The second-order valence-electron chi connectivity index (χ2n) is 7.78. The molecule has 31 heavy (non-hydrogen) atoms. The van der Waals surface area contributed by atoms with Crippen LogP contribution in [0.5, 0.6) is 0 Å². The van der Waals surface area contributed by atoms with E-state index >= 15 is 0 Å². The van der Waals surface area contributed by atoms with Gasteiger partial charge in [0, 0.05) is 12.1 Å². The number of thioether (sulfide) groups is 1. The highest BCUT2D eigenvalue weighted by atomic mass is 32.2. The molecule has 0 unspecified atom stereocenters. The van der Waals surface area contributed by atoms with Crippen molar-refractivity contribution in [2.24, 2.45) is 0 Å². The summed E-state index contributed by atoms with van der Waals surface area (Å²) in [5.41, 5.74) is 8.09. The molecule has 0 saturated carbocycles. The zero-order valence-corrected chi connectivity index (χ0v) is 18.8. The molecule has 5 heteroatoms. The number of aromatic nitrogens is 2. The Kier molecular flexibility index (Phi) is 6.33. The van der Waals surface area contributed by atoms with Crippen LogP contribution >= 0.6 is 11.8 Å². The van der Waals surface area contributed by atoms with Gasteiger partial charge in [-0.25, -0.2) is 9.97 Å². The molecule has 0 radical (unpaired) electrons. The molecule has 0 atom stereocenters. The fourth-order valence-corrected chi connectivity index (χ4v) is 4.21. The van der Waals surface area contributed by atoms with Gasteiger partial charge in [-0.15, -0.1) is 0 Å². The fraction of sp³-hybridized carbons (Fsp3) is 0.192. The third-order valence-electron chi connectivity index (χ3n) is 5.09. The van der Waals surface area contributed by atoms with Crippen molar-refractivity contribution in [1.82, 2.24) is 9.97 Å². The van der Waals surface area contributed by atoms with Crippen molar-refractivity contribution in [1.29, 1.82) is 0 Å². The van der Waals surface area contributed by atoms with Crippen molar-refractivity contribution in [2.75, 3.05) is 11.1 Å².